The maximum Gasteiger partial charge on any atom is 0.235 e. The van der Waals surface area contributed by atoms with Crippen LogP contribution in [0.3, 0.4) is 0 Å². The Bertz CT molecular complexity index is 2460. The second-order valence-electron chi connectivity index (χ2n) is 15.1. The summed E-state index contributed by atoms with van der Waals surface area (Å²) in [6.45, 7) is 4.76. The van der Waals surface area contributed by atoms with Crippen LogP contribution in [0.15, 0.2) is 59.7 Å². The van der Waals surface area contributed by atoms with Gasteiger partial charge in [0, 0.05) is 38.4 Å². The SMILES string of the molecule is CC1CCc2c(c3c4cc5c(cc4[nH]c3c3c4c(n(-c6nc7c(c(-c8ccccc8)n6)C(C)CC=C7)c23)C=C2CCC(=C4)C2)CC5)C1. The van der Waals surface area contributed by atoms with E-state index >= 15 is 0 Å². The van der Waals surface area contributed by atoms with Crippen LogP contribution < -0.4 is 0 Å². The first-order valence-corrected chi connectivity index (χ1v) is 17.8. The Morgan fingerprint density at radius 2 is 1.68 bits per heavy atom. The minimum atomic E-state index is 0.373. The van der Waals surface area contributed by atoms with Gasteiger partial charge in [-0.3, -0.25) is 4.57 Å². The van der Waals surface area contributed by atoms with Crippen LogP contribution in [0.2, 0.25) is 0 Å². The molecule has 0 amide bonds. The van der Waals surface area contributed by atoms with E-state index in [0.717, 1.165) is 49.4 Å². The molecule has 1 fully saturated rings. The van der Waals surface area contributed by atoms with Crippen molar-refractivity contribution in [1.82, 2.24) is 19.5 Å². The number of hydrogen-bond acceptors (Lipinski definition) is 2. The molecular formula is C43H38N4. The number of hydrogen-bond donors (Lipinski definition) is 1. The number of aromatic amines is 1. The summed E-state index contributed by atoms with van der Waals surface area (Å²) in [5.41, 5.74) is 20.3. The van der Waals surface area contributed by atoms with Crippen LogP contribution in [0.1, 0.15) is 96.6 Å². The molecule has 4 nitrogen and oxygen atoms in total. The highest BCUT2D eigenvalue weighted by atomic mass is 15.2. The summed E-state index contributed by atoms with van der Waals surface area (Å²) < 4.78 is 2.49. The van der Waals surface area contributed by atoms with Crippen molar-refractivity contribution in [3.63, 3.8) is 0 Å². The van der Waals surface area contributed by atoms with Gasteiger partial charge in [0.25, 0.3) is 0 Å². The van der Waals surface area contributed by atoms with Crippen LogP contribution in [-0.2, 0) is 25.7 Å². The molecule has 5 aliphatic rings. The molecule has 230 valence electrons. The van der Waals surface area contributed by atoms with Crippen LogP contribution in [0.5, 0.6) is 0 Å². The van der Waals surface area contributed by atoms with Gasteiger partial charge in [-0.25, -0.2) is 9.97 Å². The van der Waals surface area contributed by atoms with Crippen LogP contribution >= 0.6 is 0 Å². The Morgan fingerprint density at radius 1 is 0.851 bits per heavy atom. The molecule has 0 aliphatic heterocycles. The smallest absolute Gasteiger partial charge is 0.235 e. The van der Waals surface area contributed by atoms with Crippen molar-refractivity contribution < 1.29 is 0 Å². The maximum absolute atomic E-state index is 5.58. The van der Waals surface area contributed by atoms with Gasteiger partial charge in [0.1, 0.15) is 0 Å². The Morgan fingerprint density at radius 3 is 2.53 bits per heavy atom. The standard InChI is InChI=1S/C43H38N4/c1-23-11-16-30-31(17-23)38-32-21-28-14-15-29(28)22-35(32)44-41(38)39-33-19-25-12-13-26(18-25)20-36(33)47(42(30)39)43-45-34-10-6-7-24(2)37(34)40(46-43)27-8-4-3-5-9-27/h3-6,8-10,19-24,44H,7,11-18H2,1-2H3. The lowest BCUT2D eigenvalue weighted by molar-refractivity contribution is 0.505. The predicted molar refractivity (Wildman–Crippen MR) is 194 cm³/mol. The number of aryl methyl sites for hydroxylation is 3. The molecule has 47 heavy (non-hydrogen) atoms. The Labute approximate surface area is 274 Å². The highest BCUT2D eigenvalue weighted by Gasteiger charge is 2.33. The van der Waals surface area contributed by atoms with Gasteiger partial charge in [-0.2, -0.15) is 0 Å². The molecule has 0 radical (unpaired) electrons. The Kier molecular flexibility index (Phi) is 5.30. The fourth-order valence-electron chi connectivity index (χ4n) is 9.60. The largest absolute Gasteiger partial charge is 0.354 e. The molecule has 1 N–H and O–H groups in total. The second-order valence-corrected chi connectivity index (χ2v) is 15.1. The third kappa shape index (κ3) is 3.64. The first kappa shape index (κ1) is 26.4. The normalized spacial score (nSPS) is 20.8. The number of aromatic nitrogens is 4. The maximum atomic E-state index is 5.58. The zero-order valence-corrected chi connectivity index (χ0v) is 27.2. The molecule has 0 spiro atoms. The van der Waals surface area contributed by atoms with E-state index in [1.807, 2.05) is 0 Å². The van der Waals surface area contributed by atoms with E-state index in [0.29, 0.717) is 11.8 Å². The number of allylic oxidation sites excluding steroid dienone is 3. The summed E-state index contributed by atoms with van der Waals surface area (Å²) in [6, 6.07) is 15.8. The van der Waals surface area contributed by atoms with Gasteiger partial charge < -0.3 is 4.98 Å². The first-order valence-electron chi connectivity index (χ1n) is 17.8. The number of rotatable bonds is 2. The molecule has 4 heteroatoms. The lowest BCUT2D eigenvalue weighted by Gasteiger charge is -2.26. The van der Waals surface area contributed by atoms with Crippen LogP contribution in [0.25, 0.3) is 68.1 Å². The summed E-state index contributed by atoms with van der Waals surface area (Å²) >= 11 is 0. The van der Waals surface area contributed by atoms with Gasteiger partial charge in [0.05, 0.1) is 28.1 Å². The Balaban J connectivity index is 1.32. The minimum Gasteiger partial charge on any atom is -0.354 e. The fraction of sp³-hybridized carbons (Fsp3) is 0.302. The molecule has 5 aliphatic carbocycles. The van der Waals surface area contributed by atoms with Crippen LogP contribution in [0.4, 0.5) is 0 Å². The molecule has 2 unspecified atom stereocenters. The highest BCUT2D eigenvalue weighted by Crippen LogP contribution is 2.49. The number of fused-ring (bicyclic) bond motifs is 14. The van der Waals surface area contributed by atoms with Crippen molar-refractivity contribution in [3.05, 3.63) is 104 Å². The van der Waals surface area contributed by atoms with Gasteiger partial charge in [-0.15, -0.1) is 0 Å². The van der Waals surface area contributed by atoms with Crippen molar-refractivity contribution in [1.29, 1.82) is 0 Å². The predicted octanol–water partition coefficient (Wildman–Crippen LogP) is 10.4. The lowest BCUT2D eigenvalue weighted by atomic mass is 9.80. The summed E-state index contributed by atoms with van der Waals surface area (Å²) in [4.78, 5) is 15.1. The average Bonchev–Trinajstić information content (AvgIpc) is 3.72. The zero-order chi connectivity index (χ0) is 31.0. The molecule has 6 aromatic rings. The van der Waals surface area contributed by atoms with Gasteiger partial charge in [-0.05, 0) is 116 Å². The van der Waals surface area contributed by atoms with Gasteiger partial charge >= 0.3 is 0 Å². The minimum absolute atomic E-state index is 0.373. The molecule has 1 saturated carbocycles. The van der Waals surface area contributed by atoms with E-state index in [9.17, 15) is 0 Å². The third-order valence-electron chi connectivity index (χ3n) is 12.1. The topological polar surface area (TPSA) is 46.5 Å². The molecule has 0 saturated heterocycles. The highest BCUT2D eigenvalue weighted by molar-refractivity contribution is 6.22. The van der Waals surface area contributed by atoms with E-state index in [1.54, 1.807) is 11.1 Å². The Hall–Kier alpha value is -4.70. The monoisotopic (exact) mass is 610 g/mol. The van der Waals surface area contributed by atoms with E-state index in [1.165, 1.54) is 103 Å². The van der Waals surface area contributed by atoms with Gasteiger partial charge in [0.2, 0.25) is 5.95 Å². The summed E-state index contributed by atoms with van der Waals surface area (Å²) in [6.07, 6.45) is 19.8. The molecule has 3 heterocycles. The molecule has 3 aromatic heterocycles. The van der Waals surface area contributed by atoms with Gasteiger partial charge in [-0.1, -0.05) is 67.5 Å². The van der Waals surface area contributed by atoms with E-state index in [4.69, 9.17) is 9.97 Å². The quantitative estimate of drug-likeness (QED) is 0.212. The van der Waals surface area contributed by atoms with Crippen LogP contribution in [0, 0.1) is 5.92 Å². The molecule has 11 rings (SSSR count). The van der Waals surface area contributed by atoms with E-state index in [2.05, 4.69) is 90.2 Å². The number of H-pyrrole nitrogens is 1. The van der Waals surface area contributed by atoms with Crippen molar-refractivity contribution in [2.24, 2.45) is 5.92 Å². The second kappa shape index (κ2) is 9.44. The molecular weight excluding hydrogens is 573 g/mol. The lowest BCUT2D eigenvalue weighted by Crippen LogP contribution is -2.16. The summed E-state index contributed by atoms with van der Waals surface area (Å²) in [5.74, 6) is 1.84. The van der Waals surface area contributed by atoms with Crippen molar-refractivity contribution in [2.75, 3.05) is 0 Å². The molecule has 2 atom stereocenters. The van der Waals surface area contributed by atoms with E-state index < -0.39 is 0 Å². The van der Waals surface area contributed by atoms with E-state index in [-0.39, 0.29) is 0 Å². The first-order chi connectivity index (χ1) is 23.1. The zero-order valence-electron chi connectivity index (χ0n) is 27.2. The molecule has 3 aromatic carbocycles. The summed E-state index contributed by atoms with van der Waals surface area (Å²) in [7, 11) is 0. The number of benzene rings is 3. The van der Waals surface area contributed by atoms with Crippen molar-refractivity contribution >= 4 is 50.9 Å². The molecule has 2 bridgehead atoms. The fourth-order valence-corrected chi connectivity index (χ4v) is 9.60. The third-order valence-corrected chi connectivity index (χ3v) is 12.1. The van der Waals surface area contributed by atoms with Crippen LogP contribution in [-0.4, -0.2) is 19.5 Å². The summed E-state index contributed by atoms with van der Waals surface area (Å²) in [5, 5.41) is 4.26. The van der Waals surface area contributed by atoms with Gasteiger partial charge in [0.15, 0.2) is 0 Å². The number of nitrogens with zero attached hydrogens (tertiary/aromatic N) is 3. The van der Waals surface area contributed by atoms with Crippen molar-refractivity contribution in [2.45, 2.75) is 77.6 Å². The van der Waals surface area contributed by atoms with Crippen molar-refractivity contribution in [3.8, 4) is 17.2 Å². The number of nitrogens with one attached hydrogen (secondary N) is 1. The average molecular weight is 611 g/mol.